The first kappa shape index (κ1) is 34.5. The van der Waals surface area contributed by atoms with Gasteiger partial charge in [-0.1, -0.05) is 45.9 Å². The summed E-state index contributed by atoms with van der Waals surface area (Å²) in [7, 11) is -2.26. The minimum Gasteiger partial charge on any atom is -0.455 e. The van der Waals surface area contributed by atoms with Crippen molar-refractivity contribution in [2.45, 2.75) is 117 Å². The Kier molecular flexibility index (Phi) is 8.53. The molecular weight excluding hydrogens is 608 g/mol. The SMILES string of the molecule is CC(=O)O[C@@H]1C(=O)C2=C(C)C(O[Si](C)(C)C)C[C@@](O)(C(OC(=O)c3ccccc3)C3[C@@]1(C)[C@@H](C)C[C@H]1OC[C@@]31OC(C)=O)C2(C)C. The van der Waals surface area contributed by atoms with Crippen LogP contribution < -0.4 is 0 Å². The monoisotopic (exact) mass is 656 g/mol. The zero-order valence-corrected chi connectivity index (χ0v) is 29.6. The average Bonchev–Trinajstić information content (AvgIpc) is 2.93. The van der Waals surface area contributed by atoms with Crippen LogP contribution >= 0.6 is 0 Å². The number of rotatable bonds is 6. The maximum atomic E-state index is 15.1. The van der Waals surface area contributed by atoms with Crippen LogP contribution in [0, 0.1) is 22.7 Å². The Hall–Kier alpha value is -2.86. The fraction of sp³-hybridized carbons (Fsp3) is 0.657. The van der Waals surface area contributed by atoms with Crippen molar-refractivity contribution in [3.63, 3.8) is 0 Å². The Morgan fingerprint density at radius 3 is 2.15 bits per heavy atom. The Morgan fingerprint density at radius 1 is 1.00 bits per heavy atom. The molecule has 4 aliphatic rings. The van der Waals surface area contributed by atoms with Gasteiger partial charge in [-0.05, 0) is 56.6 Å². The number of esters is 3. The van der Waals surface area contributed by atoms with Crippen LogP contribution in [0.3, 0.4) is 0 Å². The molecule has 2 bridgehead atoms. The number of hydrogen-bond donors (Lipinski definition) is 1. The summed E-state index contributed by atoms with van der Waals surface area (Å²) in [5.74, 6) is -3.75. The van der Waals surface area contributed by atoms with Gasteiger partial charge in [0.05, 0.1) is 24.2 Å². The largest absolute Gasteiger partial charge is 0.455 e. The molecule has 2 saturated carbocycles. The molecule has 252 valence electrons. The van der Waals surface area contributed by atoms with Crippen LogP contribution in [0.1, 0.15) is 71.7 Å². The fourth-order valence-electron chi connectivity index (χ4n) is 8.81. The standard InChI is InChI=1S/C35H48O10Si/c1-19-16-25-34(18-41-25,44-22(4)37)28-30(43-31(39)23-14-12-11-13-15-23)35(40)17-24(45-46(8,9)10)20(2)26(32(35,5)6)27(38)29(33(19,28)7)42-21(3)36/h11-15,19,24-25,28-30,40H,16-18H2,1-10H3/t19-,24?,25+,28?,29+,30?,33+,34-,35+/m0/s1. The van der Waals surface area contributed by atoms with Crippen LogP contribution in [0.15, 0.2) is 41.5 Å². The van der Waals surface area contributed by atoms with E-state index in [0.717, 1.165) is 0 Å². The van der Waals surface area contributed by atoms with Gasteiger partial charge in [0.1, 0.15) is 17.8 Å². The highest BCUT2D eigenvalue weighted by Gasteiger charge is 2.77. The van der Waals surface area contributed by atoms with Gasteiger partial charge >= 0.3 is 17.9 Å². The van der Waals surface area contributed by atoms with Crippen LogP contribution in [0.25, 0.3) is 0 Å². The molecule has 0 radical (unpaired) electrons. The van der Waals surface area contributed by atoms with Crippen molar-refractivity contribution in [3.8, 4) is 0 Å². The molecule has 1 aliphatic heterocycles. The van der Waals surface area contributed by atoms with E-state index in [1.165, 1.54) is 13.8 Å². The zero-order chi connectivity index (χ0) is 34.2. The van der Waals surface area contributed by atoms with E-state index in [1.54, 1.807) is 44.2 Å². The first-order chi connectivity index (χ1) is 21.2. The van der Waals surface area contributed by atoms with Crippen molar-refractivity contribution < 1.29 is 47.7 Å². The first-order valence-electron chi connectivity index (χ1n) is 16.1. The van der Waals surface area contributed by atoms with Gasteiger partial charge < -0.3 is 28.5 Å². The molecule has 3 aliphatic carbocycles. The van der Waals surface area contributed by atoms with Crippen molar-refractivity contribution in [2.24, 2.45) is 22.7 Å². The summed E-state index contributed by atoms with van der Waals surface area (Å²) in [4.78, 5) is 54.8. The summed E-state index contributed by atoms with van der Waals surface area (Å²) >= 11 is 0. The normalized spacial score (nSPS) is 38.3. The molecule has 1 N–H and O–H groups in total. The Balaban J connectivity index is 1.87. The third-order valence-electron chi connectivity index (χ3n) is 11.1. The number of carbonyl (C=O) groups excluding carboxylic acids is 4. The van der Waals surface area contributed by atoms with E-state index >= 15 is 4.79 Å². The molecule has 46 heavy (non-hydrogen) atoms. The fourth-order valence-corrected chi connectivity index (χ4v) is 9.93. The molecule has 0 aromatic heterocycles. The molecule has 3 unspecified atom stereocenters. The number of ether oxygens (including phenoxy) is 4. The molecule has 1 heterocycles. The van der Waals surface area contributed by atoms with Crippen LogP contribution in [-0.4, -0.2) is 79.3 Å². The summed E-state index contributed by atoms with van der Waals surface area (Å²) in [5, 5.41) is 13.4. The van der Waals surface area contributed by atoms with Gasteiger partial charge in [-0.3, -0.25) is 14.4 Å². The Bertz CT molecular complexity index is 1460. The lowest BCUT2D eigenvalue weighted by molar-refractivity contribution is -0.351. The van der Waals surface area contributed by atoms with Crippen LogP contribution in [-0.2, 0) is 37.8 Å². The summed E-state index contributed by atoms with van der Waals surface area (Å²) < 4.78 is 31.4. The lowest BCUT2D eigenvalue weighted by Gasteiger charge is -2.68. The van der Waals surface area contributed by atoms with E-state index in [1.807, 2.05) is 40.4 Å². The zero-order valence-electron chi connectivity index (χ0n) is 28.6. The third-order valence-corrected chi connectivity index (χ3v) is 12.1. The molecule has 10 nitrogen and oxygen atoms in total. The molecule has 0 amide bonds. The highest BCUT2D eigenvalue weighted by atomic mass is 28.4. The molecule has 1 saturated heterocycles. The predicted molar refractivity (Wildman–Crippen MR) is 170 cm³/mol. The van der Waals surface area contributed by atoms with Crippen molar-refractivity contribution in [1.29, 1.82) is 0 Å². The highest BCUT2D eigenvalue weighted by molar-refractivity contribution is 6.69. The summed E-state index contributed by atoms with van der Waals surface area (Å²) in [6.07, 6.45) is -3.60. The van der Waals surface area contributed by atoms with Crippen molar-refractivity contribution in [1.82, 2.24) is 0 Å². The number of fused-ring (bicyclic) bond motifs is 5. The lowest BCUT2D eigenvalue weighted by atomic mass is 9.43. The Labute approximate surface area is 272 Å². The van der Waals surface area contributed by atoms with Gasteiger partial charge in [0.2, 0.25) is 5.78 Å². The van der Waals surface area contributed by atoms with Crippen LogP contribution in [0.2, 0.25) is 19.6 Å². The summed E-state index contributed by atoms with van der Waals surface area (Å²) in [6.45, 7) is 17.7. The topological polar surface area (TPSA) is 135 Å². The maximum absolute atomic E-state index is 15.1. The molecular formula is C35H48O10Si. The second kappa shape index (κ2) is 11.4. The number of Topliss-reactive ketones (excluding diaryl/α,β-unsaturated/α-hetero) is 1. The van der Waals surface area contributed by atoms with E-state index in [0.29, 0.717) is 12.0 Å². The number of aliphatic hydroxyl groups is 1. The van der Waals surface area contributed by atoms with Crippen LogP contribution in [0.4, 0.5) is 0 Å². The quantitative estimate of drug-likeness (QED) is 0.259. The van der Waals surface area contributed by atoms with Gasteiger partial charge in [0, 0.05) is 36.7 Å². The molecule has 1 aromatic carbocycles. The van der Waals surface area contributed by atoms with E-state index in [-0.39, 0.29) is 30.1 Å². The summed E-state index contributed by atoms with van der Waals surface area (Å²) in [6, 6.07) is 8.46. The first-order valence-corrected chi connectivity index (χ1v) is 19.5. The van der Waals surface area contributed by atoms with Crippen molar-refractivity contribution in [3.05, 3.63) is 47.0 Å². The lowest BCUT2D eigenvalue weighted by Crippen LogP contribution is -2.81. The second-order valence-corrected chi connectivity index (χ2v) is 19.9. The van der Waals surface area contributed by atoms with Gasteiger partial charge in [0.25, 0.3) is 0 Å². The maximum Gasteiger partial charge on any atom is 0.338 e. The van der Waals surface area contributed by atoms with E-state index in [2.05, 4.69) is 0 Å². The second-order valence-electron chi connectivity index (χ2n) is 15.4. The molecule has 11 heteroatoms. The van der Waals surface area contributed by atoms with Gasteiger partial charge in [-0.25, -0.2) is 4.79 Å². The smallest absolute Gasteiger partial charge is 0.338 e. The number of ketones is 1. The van der Waals surface area contributed by atoms with E-state index in [4.69, 9.17) is 23.4 Å². The molecule has 5 rings (SSSR count). The molecule has 9 atom stereocenters. The number of carbonyl (C=O) groups is 4. The van der Waals surface area contributed by atoms with Gasteiger partial charge in [-0.15, -0.1) is 0 Å². The molecule has 3 fully saturated rings. The predicted octanol–water partition coefficient (Wildman–Crippen LogP) is 4.79. The number of hydrogen-bond acceptors (Lipinski definition) is 10. The minimum atomic E-state index is -2.26. The highest BCUT2D eigenvalue weighted by Crippen LogP contribution is 2.66. The van der Waals surface area contributed by atoms with Crippen molar-refractivity contribution >= 4 is 32.0 Å². The average molecular weight is 657 g/mol. The van der Waals surface area contributed by atoms with E-state index < -0.39 is 84.4 Å². The number of benzene rings is 1. The van der Waals surface area contributed by atoms with Gasteiger partial charge in [-0.2, -0.15) is 0 Å². The van der Waals surface area contributed by atoms with Gasteiger partial charge in [0.15, 0.2) is 20.0 Å². The molecule has 1 aromatic rings. The Morgan fingerprint density at radius 2 is 1.63 bits per heavy atom. The summed E-state index contributed by atoms with van der Waals surface area (Å²) in [5.41, 5.74) is -4.68. The molecule has 0 spiro atoms. The third kappa shape index (κ3) is 5.18. The van der Waals surface area contributed by atoms with E-state index in [9.17, 15) is 19.5 Å². The minimum absolute atomic E-state index is 0.0144. The van der Waals surface area contributed by atoms with Crippen LogP contribution in [0.5, 0.6) is 0 Å². The van der Waals surface area contributed by atoms with Crippen molar-refractivity contribution in [2.75, 3.05) is 6.61 Å².